The van der Waals surface area contributed by atoms with Crippen molar-refractivity contribution in [3.63, 3.8) is 0 Å². The monoisotopic (exact) mass is 412 g/mol. The molecule has 31 heavy (non-hydrogen) atoms. The minimum atomic E-state index is -0.203. The lowest BCUT2D eigenvalue weighted by Gasteiger charge is -2.28. The summed E-state index contributed by atoms with van der Waals surface area (Å²) in [5.74, 6) is 7.49. The lowest BCUT2D eigenvalue weighted by Crippen LogP contribution is -2.13. The summed E-state index contributed by atoms with van der Waals surface area (Å²) in [4.78, 5) is 0. The molecule has 1 heteroatoms. The zero-order chi connectivity index (χ0) is 21.6. The molecule has 0 heterocycles. The van der Waals surface area contributed by atoms with Crippen molar-refractivity contribution in [2.45, 2.75) is 71.1 Å². The zero-order valence-corrected chi connectivity index (χ0v) is 18.9. The highest BCUT2D eigenvalue weighted by Gasteiger charge is 2.22. The van der Waals surface area contributed by atoms with Crippen LogP contribution in [0.25, 0.3) is 10.8 Å². The van der Waals surface area contributed by atoms with Gasteiger partial charge < -0.3 is 0 Å². The van der Waals surface area contributed by atoms with E-state index in [0.29, 0.717) is 16.9 Å². The maximum Gasteiger partial charge on any atom is 0.146 e. The van der Waals surface area contributed by atoms with Gasteiger partial charge in [-0.3, -0.25) is 0 Å². The second-order valence-corrected chi connectivity index (χ2v) is 9.11. The van der Waals surface area contributed by atoms with Gasteiger partial charge in [-0.1, -0.05) is 81.3 Å². The first-order valence-electron chi connectivity index (χ1n) is 12.0. The van der Waals surface area contributed by atoms with Gasteiger partial charge >= 0.3 is 0 Å². The molecule has 3 aromatic carbocycles. The maximum absolute atomic E-state index is 15.1. The summed E-state index contributed by atoms with van der Waals surface area (Å²) in [6.07, 6.45) is 10.1. The SMILES string of the molecule is CCCc1ccc(C#Cc2ccc3cc(C4CCC(CCC)CC4)ccc3c2F)cc1. The van der Waals surface area contributed by atoms with Crippen molar-refractivity contribution < 1.29 is 4.39 Å². The third kappa shape index (κ3) is 5.19. The Bertz CT molecular complexity index is 1070. The molecule has 0 aliphatic heterocycles. The van der Waals surface area contributed by atoms with E-state index in [0.717, 1.165) is 29.7 Å². The van der Waals surface area contributed by atoms with Crippen LogP contribution in [-0.4, -0.2) is 0 Å². The quantitative estimate of drug-likeness (QED) is 0.369. The summed E-state index contributed by atoms with van der Waals surface area (Å²) < 4.78 is 15.1. The van der Waals surface area contributed by atoms with Gasteiger partial charge in [0.05, 0.1) is 5.56 Å². The van der Waals surface area contributed by atoms with E-state index in [1.165, 1.54) is 49.7 Å². The third-order valence-corrected chi connectivity index (χ3v) is 6.83. The molecule has 0 atom stereocenters. The van der Waals surface area contributed by atoms with Crippen LogP contribution >= 0.6 is 0 Å². The van der Waals surface area contributed by atoms with E-state index >= 15 is 4.39 Å². The van der Waals surface area contributed by atoms with Gasteiger partial charge in [0.25, 0.3) is 0 Å². The van der Waals surface area contributed by atoms with E-state index in [1.807, 2.05) is 30.3 Å². The van der Waals surface area contributed by atoms with Crippen LogP contribution in [0.4, 0.5) is 4.39 Å². The van der Waals surface area contributed by atoms with E-state index in [1.54, 1.807) is 0 Å². The Morgan fingerprint density at radius 3 is 2.32 bits per heavy atom. The molecule has 1 aliphatic rings. The second kappa shape index (κ2) is 10.1. The smallest absolute Gasteiger partial charge is 0.146 e. The number of fused-ring (bicyclic) bond motifs is 1. The summed E-state index contributed by atoms with van der Waals surface area (Å²) in [7, 11) is 0. The number of benzene rings is 3. The van der Waals surface area contributed by atoms with Gasteiger partial charge in [0.15, 0.2) is 0 Å². The first-order chi connectivity index (χ1) is 15.2. The fraction of sp³-hybridized carbons (Fsp3) is 0.400. The summed E-state index contributed by atoms with van der Waals surface area (Å²) in [5.41, 5.74) is 4.08. The summed E-state index contributed by atoms with van der Waals surface area (Å²) >= 11 is 0. The van der Waals surface area contributed by atoms with E-state index in [4.69, 9.17) is 0 Å². The van der Waals surface area contributed by atoms with E-state index in [9.17, 15) is 0 Å². The molecule has 0 amide bonds. The van der Waals surface area contributed by atoms with E-state index < -0.39 is 0 Å². The van der Waals surface area contributed by atoms with Crippen molar-refractivity contribution in [2.24, 2.45) is 5.92 Å². The second-order valence-electron chi connectivity index (χ2n) is 9.11. The average Bonchev–Trinajstić information content (AvgIpc) is 2.80. The molecule has 4 rings (SSSR count). The van der Waals surface area contributed by atoms with Gasteiger partial charge in [0.1, 0.15) is 5.82 Å². The topological polar surface area (TPSA) is 0 Å². The molecule has 0 N–H and O–H groups in total. The third-order valence-electron chi connectivity index (χ3n) is 6.83. The molecule has 1 saturated carbocycles. The Labute approximate surface area is 186 Å². The van der Waals surface area contributed by atoms with Crippen LogP contribution in [-0.2, 0) is 6.42 Å². The Kier molecular flexibility index (Phi) is 7.08. The Morgan fingerprint density at radius 1 is 0.839 bits per heavy atom. The van der Waals surface area contributed by atoms with Crippen molar-refractivity contribution in [2.75, 3.05) is 0 Å². The van der Waals surface area contributed by atoms with Crippen LogP contribution < -0.4 is 0 Å². The molecule has 0 spiro atoms. The molecule has 160 valence electrons. The molecule has 1 aliphatic carbocycles. The fourth-order valence-corrected chi connectivity index (χ4v) is 5.04. The lowest BCUT2D eigenvalue weighted by atomic mass is 9.77. The van der Waals surface area contributed by atoms with Crippen molar-refractivity contribution in [3.8, 4) is 11.8 Å². The predicted octanol–water partition coefficient (Wildman–Crippen LogP) is 8.41. The van der Waals surface area contributed by atoms with Gasteiger partial charge in [-0.25, -0.2) is 4.39 Å². The van der Waals surface area contributed by atoms with Crippen molar-refractivity contribution >= 4 is 10.8 Å². The van der Waals surface area contributed by atoms with Gasteiger partial charge in [-0.15, -0.1) is 0 Å². The zero-order valence-electron chi connectivity index (χ0n) is 18.9. The minimum absolute atomic E-state index is 0.203. The lowest BCUT2D eigenvalue weighted by molar-refractivity contribution is 0.308. The summed E-state index contributed by atoms with van der Waals surface area (Å²) in [6.45, 7) is 4.46. The normalized spacial score (nSPS) is 18.5. The number of rotatable bonds is 5. The van der Waals surface area contributed by atoms with Crippen LogP contribution in [0, 0.1) is 23.6 Å². The molecule has 0 radical (unpaired) electrons. The predicted molar refractivity (Wildman–Crippen MR) is 130 cm³/mol. The van der Waals surface area contributed by atoms with Crippen LogP contribution in [0.15, 0.2) is 54.6 Å². The van der Waals surface area contributed by atoms with E-state index in [-0.39, 0.29) is 5.82 Å². The Morgan fingerprint density at radius 2 is 1.61 bits per heavy atom. The van der Waals surface area contributed by atoms with Crippen molar-refractivity contribution in [1.82, 2.24) is 0 Å². The molecule has 0 aromatic heterocycles. The largest absolute Gasteiger partial charge is 0.205 e. The van der Waals surface area contributed by atoms with Crippen molar-refractivity contribution in [3.05, 3.63) is 82.7 Å². The Balaban J connectivity index is 1.52. The molecule has 1 fully saturated rings. The maximum atomic E-state index is 15.1. The highest BCUT2D eigenvalue weighted by atomic mass is 19.1. The van der Waals surface area contributed by atoms with Gasteiger partial charge in [0, 0.05) is 10.9 Å². The number of aryl methyl sites for hydroxylation is 1. The van der Waals surface area contributed by atoms with Crippen LogP contribution in [0.1, 0.15) is 87.0 Å². The highest BCUT2D eigenvalue weighted by molar-refractivity contribution is 5.85. The fourth-order valence-electron chi connectivity index (χ4n) is 5.04. The van der Waals surface area contributed by atoms with Gasteiger partial charge in [-0.05, 0) is 78.7 Å². The number of hydrogen-bond donors (Lipinski definition) is 0. The number of hydrogen-bond acceptors (Lipinski definition) is 0. The van der Waals surface area contributed by atoms with Crippen LogP contribution in [0.5, 0.6) is 0 Å². The molecule has 0 unspecified atom stereocenters. The Hall–Kier alpha value is -2.59. The molecular weight excluding hydrogens is 379 g/mol. The minimum Gasteiger partial charge on any atom is -0.205 e. The van der Waals surface area contributed by atoms with Crippen molar-refractivity contribution in [1.29, 1.82) is 0 Å². The molecule has 0 saturated heterocycles. The van der Waals surface area contributed by atoms with Crippen LogP contribution in [0.3, 0.4) is 0 Å². The highest BCUT2D eigenvalue weighted by Crippen LogP contribution is 2.38. The molecule has 3 aromatic rings. The first-order valence-corrected chi connectivity index (χ1v) is 12.0. The summed E-state index contributed by atoms with van der Waals surface area (Å²) in [5, 5.41) is 1.66. The average molecular weight is 413 g/mol. The summed E-state index contributed by atoms with van der Waals surface area (Å²) in [6, 6.07) is 18.4. The number of halogens is 1. The molecule has 0 nitrogen and oxygen atoms in total. The van der Waals surface area contributed by atoms with Gasteiger partial charge in [0.2, 0.25) is 0 Å². The molecular formula is C30H33F. The van der Waals surface area contributed by atoms with Gasteiger partial charge in [-0.2, -0.15) is 0 Å². The first kappa shape index (κ1) is 21.6. The standard InChI is InChI=1S/C30H33F/c1-3-5-22-7-9-24(10-8-22)13-16-26-17-18-28-21-27(19-20-29(28)30(26)31)25-14-11-23(6-4-2)12-15-25/h7-10,17-21,23,25H,3-6,11-12,14-15H2,1-2H3. The molecule has 0 bridgehead atoms. The van der Waals surface area contributed by atoms with Crippen LogP contribution in [0.2, 0.25) is 0 Å². The van der Waals surface area contributed by atoms with E-state index in [2.05, 4.69) is 50.0 Å².